The Kier molecular flexibility index (Phi) is 4.06. The topological polar surface area (TPSA) is 55.1 Å². The van der Waals surface area contributed by atoms with Crippen LogP contribution in [0.5, 0.6) is 0 Å². The number of nitrogens with one attached hydrogen (secondary N) is 1. The molecule has 0 aliphatic heterocycles. The number of amides is 1. The number of nitrogens with two attached hydrogens (primary N) is 1. The molecule has 0 aromatic heterocycles. The smallest absolute Gasteiger partial charge is 0.221 e. The normalized spacial score (nSPS) is 19.9. The van der Waals surface area contributed by atoms with Gasteiger partial charge in [0.2, 0.25) is 5.91 Å². The van der Waals surface area contributed by atoms with E-state index >= 15 is 0 Å². The van der Waals surface area contributed by atoms with Crippen molar-refractivity contribution in [3.8, 4) is 0 Å². The highest BCUT2D eigenvalue weighted by Crippen LogP contribution is 2.48. The summed E-state index contributed by atoms with van der Waals surface area (Å²) in [6.07, 6.45) is 5.83. The minimum atomic E-state index is -0.198. The molecular formula is C17H24N2O. The van der Waals surface area contributed by atoms with E-state index in [9.17, 15) is 4.79 Å². The minimum Gasteiger partial charge on any atom is -0.356 e. The lowest BCUT2D eigenvalue weighted by molar-refractivity contribution is -0.121. The van der Waals surface area contributed by atoms with E-state index in [0.717, 1.165) is 29.9 Å². The van der Waals surface area contributed by atoms with Crippen LogP contribution in [0.4, 0.5) is 0 Å². The molecule has 0 radical (unpaired) electrons. The molecule has 2 fully saturated rings. The van der Waals surface area contributed by atoms with Crippen molar-refractivity contribution < 1.29 is 4.79 Å². The molecule has 108 valence electrons. The first-order valence-corrected chi connectivity index (χ1v) is 7.81. The van der Waals surface area contributed by atoms with Gasteiger partial charge in [0.15, 0.2) is 0 Å². The SMILES string of the molecule is NC(CC(=O)NCC(C1CC1)C1CC1)c1ccccc1. The lowest BCUT2D eigenvalue weighted by Gasteiger charge is -2.17. The summed E-state index contributed by atoms with van der Waals surface area (Å²) in [4.78, 5) is 12.0. The second kappa shape index (κ2) is 5.96. The Balaban J connectivity index is 1.44. The third-order valence-electron chi connectivity index (χ3n) is 4.62. The molecule has 0 saturated heterocycles. The fourth-order valence-corrected chi connectivity index (χ4v) is 3.09. The van der Waals surface area contributed by atoms with Gasteiger partial charge in [0, 0.05) is 19.0 Å². The van der Waals surface area contributed by atoms with Crippen molar-refractivity contribution in [3.63, 3.8) is 0 Å². The number of hydrogen-bond donors (Lipinski definition) is 2. The van der Waals surface area contributed by atoms with Crippen LogP contribution in [0.1, 0.15) is 43.7 Å². The van der Waals surface area contributed by atoms with Crippen LogP contribution in [-0.2, 0) is 4.79 Å². The Hall–Kier alpha value is -1.35. The maximum absolute atomic E-state index is 12.0. The summed E-state index contributed by atoms with van der Waals surface area (Å²) >= 11 is 0. The molecular weight excluding hydrogens is 248 g/mol. The first-order valence-electron chi connectivity index (χ1n) is 7.81. The molecule has 0 heterocycles. The Morgan fingerprint density at radius 3 is 2.30 bits per heavy atom. The lowest BCUT2D eigenvalue weighted by Crippen LogP contribution is -2.33. The van der Waals surface area contributed by atoms with Crippen molar-refractivity contribution in [3.05, 3.63) is 35.9 Å². The fourth-order valence-electron chi connectivity index (χ4n) is 3.09. The third-order valence-corrected chi connectivity index (χ3v) is 4.62. The van der Waals surface area contributed by atoms with Crippen LogP contribution >= 0.6 is 0 Å². The fraction of sp³-hybridized carbons (Fsp3) is 0.588. The molecule has 2 saturated carbocycles. The summed E-state index contributed by atoms with van der Waals surface area (Å²) in [5.74, 6) is 2.58. The summed E-state index contributed by atoms with van der Waals surface area (Å²) in [5, 5.41) is 3.11. The van der Waals surface area contributed by atoms with Crippen LogP contribution in [0.15, 0.2) is 30.3 Å². The van der Waals surface area contributed by atoms with Crippen molar-refractivity contribution in [1.29, 1.82) is 0 Å². The zero-order valence-electron chi connectivity index (χ0n) is 11.9. The van der Waals surface area contributed by atoms with E-state index in [1.54, 1.807) is 0 Å². The Bertz CT molecular complexity index is 439. The van der Waals surface area contributed by atoms with Gasteiger partial charge in [-0.3, -0.25) is 4.79 Å². The van der Waals surface area contributed by atoms with Crippen molar-refractivity contribution in [2.45, 2.75) is 38.1 Å². The van der Waals surface area contributed by atoms with E-state index in [4.69, 9.17) is 5.73 Å². The molecule has 3 rings (SSSR count). The highest BCUT2D eigenvalue weighted by Gasteiger charge is 2.41. The average Bonchev–Trinajstić information content (AvgIpc) is 3.33. The first kappa shape index (κ1) is 13.6. The Morgan fingerprint density at radius 1 is 1.15 bits per heavy atom. The van der Waals surface area contributed by atoms with Crippen LogP contribution < -0.4 is 11.1 Å². The second-order valence-electron chi connectivity index (χ2n) is 6.36. The number of hydrogen-bond acceptors (Lipinski definition) is 2. The second-order valence-corrected chi connectivity index (χ2v) is 6.36. The molecule has 1 unspecified atom stereocenters. The molecule has 3 heteroatoms. The zero-order valence-corrected chi connectivity index (χ0v) is 11.9. The summed E-state index contributed by atoms with van der Waals surface area (Å²) < 4.78 is 0. The first-order chi connectivity index (χ1) is 9.74. The van der Waals surface area contributed by atoms with Gasteiger partial charge in [0.05, 0.1) is 0 Å². The third kappa shape index (κ3) is 3.60. The number of carbonyl (C=O) groups is 1. The number of carbonyl (C=O) groups excluding carboxylic acids is 1. The molecule has 0 bridgehead atoms. The quantitative estimate of drug-likeness (QED) is 0.801. The maximum Gasteiger partial charge on any atom is 0.221 e. The van der Waals surface area contributed by atoms with Crippen LogP contribution in [0.2, 0.25) is 0 Å². The number of rotatable bonds is 7. The molecule has 1 atom stereocenters. The summed E-state index contributed by atoms with van der Waals surface area (Å²) in [7, 11) is 0. The van der Waals surface area contributed by atoms with Crippen molar-refractivity contribution >= 4 is 5.91 Å². The van der Waals surface area contributed by atoms with Gasteiger partial charge in [-0.15, -0.1) is 0 Å². The summed E-state index contributed by atoms with van der Waals surface area (Å²) in [5.41, 5.74) is 7.12. The lowest BCUT2D eigenvalue weighted by atomic mass is 9.97. The Morgan fingerprint density at radius 2 is 1.75 bits per heavy atom. The van der Waals surface area contributed by atoms with Gasteiger partial charge < -0.3 is 11.1 Å². The predicted octanol–water partition coefficient (Wildman–Crippen LogP) is 2.63. The highest BCUT2D eigenvalue weighted by atomic mass is 16.1. The van der Waals surface area contributed by atoms with Gasteiger partial charge in [0.25, 0.3) is 0 Å². The molecule has 20 heavy (non-hydrogen) atoms. The van der Waals surface area contributed by atoms with Gasteiger partial charge in [0.1, 0.15) is 0 Å². The zero-order chi connectivity index (χ0) is 13.9. The average molecular weight is 272 g/mol. The largest absolute Gasteiger partial charge is 0.356 e. The molecule has 0 spiro atoms. The predicted molar refractivity (Wildman–Crippen MR) is 79.9 cm³/mol. The highest BCUT2D eigenvalue weighted by molar-refractivity contribution is 5.76. The van der Waals surface area contributed by atoms with Crippen LogP contribution in [0.3, 0.4) is 0 Å². The monoisotopic (exact) mass is 272 g/mol. The maximum atomic E-state index is 12.0. The van der Waals surface area contributed by atoms with E-state index in [2.05, 4.69) is 5.32 Å². The van der Waals surface area contributed by atoms with E-state index in [0.29, 0.717) is 6.42 Å². The standard InChI is InChI=1S/C17H24N2O/c18-16(14-4-2-1-3-5-14)10-17(20)19-11-15(12-6-7-12)13-8-9-13/h1-5,12-13,15-16H,6-11,18H2,(H,19,20). The molecule has 1 amide bonds. The molecule has 3 nitrogen and oxygen atoms in total. The molecule has 1 aromatic rings. The van der Waals surface area contributed by atoms with Gasteiger partial charge in [-0.05, 0) is 49.0 Å². The van der Waals surface area contributed by atoms with Crippen LogP contribution in [-0.4, -0.2) is 12.5 Å². The van der Waals surface area contributed by atoms with E-state index in [1.165, 1.54) is 25.7 Å². The molecule has 2 aliphatic rings. The van der Waals surface area contributed by atoms with E-state index < -0.39 is 0 Å². The summed E-state index contributed by atoms with van der Waals surface area (Å²) in [6, 6.07) is 9.65. The van der Waals surface area contributed by atoms with Crippen molar-refractivity contribution in [1.82, 2.24) is 5.32 Å². The van der Waals surface area contributed by atoms with Gasteiger partial charge >= 0.3 is 0 Å². The van der Waals surface area contributed by atoms with Crippen molar-refractivity contribution in [2.75, 3.05) is 6.54 Å². The number of benzene rings is 1. The van der Waals surface area contributed by atoms with Crippen LogP contribution in [0.25, 0.3) is 0 Å². The molecule has 1 aromatic carbocycles. The van der Waals surface area contributed by atoms with Gasteiger partial charge in [-0.1, -0.05) is 30.3 Å². The molecule has 2 aliphatic carbocycles. The van der Waals surface area contributed by atoms with Gasteiger partial charge in [-0.25, -0.2) is 0 Å². The Labute approximate surface area is 120 Å². The van der Waals surface area contributed by atoms with E-state index in [1.807, 2.05) is 30.3 Å². The van der Waals surface area contributed by atoms with Gasteiger partial charge in [-0.2, -0.15) is 0 Å². The minimum absolute atomic E-state index is 0.0904. The summed E-state index contributed by atoms with van der Waals surface area (Å²) in [6.45, 7) is 0.857. The van der Waals surface area contributed by atoms with E-state index in [-0.39, 0.29) is 11.9 Å². The molecule has 3 N–H and O–H groups in total. The van der Waals surface area contributed by atoms with Crippen molar-refractivity contribution in [2.24, 2.45) is 23.5 Å². The van der Waals surface area contributed by atoms with Crippen LogP contribution in [0, 0.1) is 17.8 Å².